The highest BCUT2D eigenvalue weighted by molar-refractivity contribution is 7.19. The second-order valence-corrected chi connectivity index (χ2v) is 8.50. The maximum absolute atomic E-state index is 13.0. The van der Waals surface area contributed by atoms with Crippen molar-refractivity contribution >= 4 is 51.4 Å². The standard InChI is InChI=1S/C24H23ClN2O5S/c1-4-31-24(30)20-15(3)21(22(29)26-18-8-6-5-7-14(18)2)33-23(20)27-19(28)13-32-17-11-9-16(25)10-12-17/h5-12H,4,13H2,1-3H3,(H,26,29)(H,27,28). The molecule has 0 aliphatic heterocycles. The van der Waals surface area contributed by atoms with E-state index in [9.17, 15) is 14.4 Å². The number of benzene rings is 2. The average molecular weight is 487 g/mol. The van der Waals surface area contributed by atoms with E-state index in [1.165, 1.54) is 0 Å². The van der Waals surface area contributed by atoms with Crippen LogP contribution in [-0.4, -0.2) is 31.0 Å². The fourth-order valence-electron chi connectivity index (χ4n) is 3.00. The van der Waals surface area contributed by atoms with E-state index in [1.807, 2.05) is 25.1 Å². The maximum atomic E-state index is 13.0. The predicted molar refractivity (Wildman–Crippen MR) is 130 cm³/mol. The van der Waals surface area contributed by atoms with Crippen molar-refractivity contribution in [3.05, 3.63) is 75.1 Å². The van der Waals surface area contributed by atoms with Crippen molar-refractivity contribution in [1.82, 2.24) is 0 Å². The molecular formula is C24H23ClN2O5S. The lowest BCUT2D eigenvalue weighted by Crippen LogP contribution is -2.21. The number of rotatable bonds is 8. The van der Waals surface area contributed by atoms with Crippen LogP contribution in [-0.2, 0) is 9.53 Å². The van der Waals surface area contributed by atoms with Crippen molar-refractivity contribution in [1.29, 1.82) is 0 Å². The lowest BCUT2D eigenvalue weighted by atomic mass is 10.1. The number of carbonyl (C=O) groups excluding carboxylic acids is 3. The van der Waals surface area contributed by atoms with Gasteiger partial charge in [-0.25, -0.2) is 4.79 Å². The molecule has 1 aromatic heterocycles. The molecule has 9 heteroatoms. The number of amides is 2. The van der Waals surface area contributed by atoms with Gasteiger partial charge in [0.1, 0.15) is 10.8 Å². The molecule has 0 spiro atoms. The molecule has 0 radical (unpaired) electrons. The minimum absolute atomic E-state index is 0.150. The molecule has 172 valence electrons. The van der Waals surface area contributed by atoms with E-state index in [0.717, 1.165) is 16.9 Å². The van der Waals surface area contributed by atoms with Crippen LogP contribution in [0.5, 0.6) is 5.75 Å². The van der Waals surface area contributed by atoms with Gasteiger partial charge in [-0.1, -0.05) is 29.8 Å². The predicted octanol–water partition coefficient (Wildman–Crippen LogP) is 5.46. The molecule has 33 heavy (non-hydrogen) atoms. The van der Waals surface area contributed by atoms with E-state index in [0.29, 0.717) is 26.9 Å². The second-order valence-electron chi connectivity index (χ2n) is 7.04. The van der Waals surface area contributed by atoms with Crippen LogP contribution >= 0.6 is 22.9 Å². The van der Waals surface area contributed by atoms with Crippen LogP contribution in [0.1, 0.15) is 38.1 Å². The summed E-state index contributed by atoms with van der Waals surface area (Å²) in [6.45, 7) is 5.09. The third-order valence-corrected chi connectivity index (χ3v) is 6.12. The molecule has 0 saturated heterocycles. The monoisotopic (exact) mass is 486 g/mol. The van der Waals surface area contributed by atoms with Gasteiger partial charge in [-0.05, 0) is 62.2 Å². The fourth-order valence-corrected chi connectivity index (χ4v) is 4.23. The SMILES string of the molecule is CCOC(=O)c1c(NC(=O)COc2ccc(Cl)cc2)sc(C(=O)Nc2ccccc2C)c1C. The van der Waals surface area contributed by atoms with Gasteiger partial charge in [-0.2, -0.15) is 0 Å². The Kier molecular flexibility index (Phi) is 8.08. The molecule has 0 atom stereocenters. The number of hydrogen-bond donors (Lipinski definition) is 2. The van der Waals surface area contributed by atoms with E-state index in [1.54, 1.807) is 44.2 Å². The molecule has 0 aliphatic carbocycles. The summed E-state index contributed by atoms with van der Waals surface area (Å²) in [4.78, 5) is 38.3. The van der Waals surface area contributed by atoms with Gasteiger partial charge >= 0.3 is 5.97 Å². The summed E-state index contributed by atoms with van der Waals surface area (Å²) in [5.74, 6) is -1.01. The van der Waals surface area contributed by atoms with Gasteiger partial charge in [0.15, 0.2) is 6.61 Å². The van der Waals surface area contributed by atoms with Gasteiger partial charge < -0.3 is 20.1 Å². The number of nitrogens with one attached hydrogen (secondary N) is 2. The fraction of sp³-hybridized carbons (Fsp3) is 0.208. The molecule has 3 rings (SSSR count). The first kappa shape index (κ1) is 24.3. The smallest absolute Gasteiger partial charge is 0.341 e. The average Bonchev–Trinajstić information content (AvgIpc) is 3.11. The van der Waals surface area contributed by atoms with Crippen molar-refractivity contribution in [2.75, 3.05) is 23.8 Å². The van der Waals surface area contributed by atoms with Crippen LogP contribution < -0.4 is 15.4 Å². The highest BCUT2D eigenvalue weighted by Gasteiger charge is 2.27. The van der Waals surface area contributed by atoms with E-state index < -0.39 is 11.9 Å². The van der Waals surface area contributed by atoms with Gasteiger partial charge in [-0.15, -0.1) is 11.3 Å². The van der Waals surface area contributed by atoms with Crippen LogP contribution in [0, 0.1) is 13.8 Å². The Hall–Kier alpha value is -3.36. The molecule has 0 fully saturated rings. The quantitative estimate of drug-likeness (QED) is 0.412. The summed E-state index contributed by atoms with van der Waals surface area (Å²) in [5, 5.41) is 6.30. The lowest BCUT2D eigenvalue weighted by Gasteiger charge is -2.08. The first-order valence-electron chi connectivity index (χ1n) is 10.2. The Morgan fingerprint density at radius 1 is 1.00 bits per heavy atom. The third kappa shape index (κ3) is 6.12. The number of anilines is 2. The molecule has 0 saturated carbocycles. The maximum Gasteiger partial charge on any atom is 0.341 e. The van der Waals surface area contributed by atoms with Crippen LogP contribution in [0.3, 0.4) is 0 Å². The second kappa shape index (κ2) is 11.0. The lowest BCUT2D eigenvalue weighted by molar-refractivity contribution is -0.118. The molecule has 2 amide bonds. The van der Waals surface area contributed by atoms with E-state index in [-0.39, 0.29) is 29.7 Å². The highest BCUT2D eigenvalue weighted by atomic mass is 35.5. The van der Waals surface area contributed by atoms with Crippen LogP contribution in [0.15, 0.2) is 48.5 Å². The Morgan fingerprint density at radius 2 is 1.70 bits per heavy atom. The normalized spacial score (nSPS) is 10.4. The van der Waals surface area contributed by atoms with Gasteiger partial charge in [0.25, 0.3) is 11.8 Å². The third-order valence-electron chi connectivity index (χ3n) is 4.66. The number of ether oxygens (including phenoxy) is 2. The van der Waals surface area contributed by atoms with Gasteiger partial charge in [0.2, 0.25) is 0 Å². The number of para-hydroxylation sites is 1. The Balaban J connectivity index is 1.81. The molecule has 0 bridgehead atoms. The van der Waals surface area contributed by atoms with Gasteiger partial charge in [0, 0.05) is 10.7 Å². The van der Waals surface area contributed by atoms with Crippen molar-refractivity contribution in [3.8, 4) is 5.75 Å². The number of halogens is 1. The van der Waals surface area contributed by atoms with Crippen molar-refractivity contribution in [3.63, 3.8) is 0 Å². The molecule has 2 N–H and O–H groups in total. The Labute approximate surface area is 200 Å². The summed E-state index contributed by atoms with van der Waals surface area (Å²) in [6.07, 6.45) is 0. The zero-order valence-electron chi connectivity index (χ0n) is 18.4. The largest absolute Gasteiger partial charge is 0.484 e. The first-order valence-corrected chi connectivity index (χ1v) is 11.3. The zero-order chi connectivity index (χ0) is 24.0. The van der Waals surface area contributed by atoms with Crippen molar-refractivity contribution < 1.29 is 23.9 Å². The topological polar surface area (TPSA) is 93.7 Å². The van der Waals surface area contributed by atoms with Gasteiger partial charge in [-0.3, -0.25) is 9.59 Å². The molecule has 0 aliphatic rings. The minimum Gasteiger partial charge on any atom is -0.484 e. The summed E-state index contributed by atoms with van der Waals surface area (Å²) < 4.78 is 10.6. The summed E-state index contributed by atoms with van der Waals surface area (Å²) >= 11 is 6.85. The molecule has 7 nitrogen and oxygen atoms in total. The van der Waals surface area contributed by atoms with E-state index in [2.05, 4.69) is 10.6 Å². The number of esters is 1. The molecule has 2 aromatic carbocycles. The van der Waals surface area contributed by atoms with Gasteiger partial charge in [0.05, 0.1) is 17.0 Å². The zero-order valence-corrected chi connectivity index (χ0v) is 19.9. The van der Waals surface area contributed by atoms with Crippen LogP contribution in [0.2, 0.25) is 5.02 Å². The number of hydrogen-bond acceptors (Lipinski definition) is 6. The highest BCUT2D eigenvalue weighted by Crippen LogP contribution is 2.34. The summed E-state index contributed by atoms with van der Waals surface area (Å²) in [5.41, 5.74) is 2.14. The summed E-state index contributed by atoms with van der Waals surface area (Å²) in [7, 11) is 0. The minimum atomic E-state index is -0.616. The van der Waals surface area contributed by atoms with Crippen molar-refractivity contribution in [2.45, 2.75) is 20.8 Å². The molecule has 1 heterocycles. The Bertz CT molecular complexity index is 1170. The number of aryl methyl sites for hydroxylation is 1. The molecule has 3 aromatic rings. The van der Waals surface area contributed by atoms with E-state index >= 15 is 0 Å². The van der Waals surface area contributed by atoms with Crippen molar-refractivity contribution in [2.24, 2.45) is 0 Å². The Morgan fingerprint density at radius 3 is 2.36 bits per heavy atom. The van der Waals surface area contributed by atoms with E-state index in [4.69, 9.17) is 21.1 Å². The molecule has 0 unspecified atom stereocenters. The molecular weight excluding hydrogens is 464 g/mol. The summed E-state index contributed by atoms with van der Waals surface area (Å²) in [6, 6.07) is 13.9. The first-order chi connectivity index (χ1) is 15.8. The van der Waals surface area contributed by atoms with Crippen LogP contribution in [0.4, 0.5) is 10.7 Å². The van der Waals surface area contributed by atoms with Crippen LogP contribution in [0.25, 0.3) is 0 Å². The number of thiophene rings is 1. The number of carbonyl (C=O) groups is 3.